The first-order valence-electron chi connectivity index (χ1n) is 10.5. The molecule has 0 spiro atoms. The summed E-state index contributed by atoms with van der Waals surface area (Å²) in [6.45, 7) is 7.43. The molecular formula is C22H31N3O5. The SMILES string of the molecule is CC.CCOC(=O)c1nc(N2CCC(CO)CC2)[nH]c(=O)c1OCc1ccccc1. The average molecular weight is 418 g/mol. The molecule has 1 aliphatic heterocycles. The molecule has 2 N–H and O–H groups in total. The quantitative estimate of drug-likeness (QED) is 0.668. The van der Waals surface area contributed by atoms with E-state index in [9.17, 15) is 14.7 Å². The van der Waals surface area contributed by atoms with E-state index in [2.05, 4.69) is 9.97 Å². The zero-order valence-corrected chi connectivity index (χ0v) is 17.9. The molecule has 164 valence electrons. The average Bonchev–Trinajstić information content (AvgIpc) is 2.80. The van der Waals surface area contributed by atoms with Crippen LogP contribution in [0.25, 0.3) is 0 Å². The van der Waals surface area contributed by atoms with Crippen molar-refractivity contribution in [2.45, 2.75) is 40.2 Å². The molecule has 0 radical (unpaired) electrons. The highest BCUT2D eigenvalue weighted by molar-refractivity contribution is 5.90. The number of esters is 1. The smallest absolute Gasteiger partial charge is 0.361 e. The van der Waals surface area contributed by atoms with Crippen molar-refractivity contribution >= 4 is 11.9 Å². The van der Waals surface area contributed by atoms with E-state index in [1.165, 1.54) is 0 Å². The summed E-state index contributed by atoms with van der Waals surface area (Å²) in [5, 5.41) is 9.29. The van der Waals surface area contributed by atoms with Gasteiger partial charge in [0.25, 0.3) is 5.56 Å². The van der Waals surface area contributed by atoms with Gasteiger partial charge in [0.05, 0.1) is 6.61 Å². The maximum absolute atomic E-state index is 12.7. The second-order valence-electron chi connectivity index (χ2n) is 6.68. The van der Waals surface area contributed by atoms with Crippen molar-refractivity contribution in [3.63, 3.8) is 0 Å². The summed E-state index contributed by atoms with van der Waals surface area (Å²) in [4.78, 5) is 34.0. The molecule has 3 rings (SSSR count). The lowest BCUT2D eigenvalue weighted by Crippen LogP contribution is -2.37. The normalized spacial score (nSPS) is 13.9. The number of nitrogens with zero attached hydrogens (tertiary/aromatic N) is 2. The first-order chi connectivity index (χ1) is 14.6. The first kappa shape index (κ1) is 23.4. The highest BCUT2D eigenvalue weighted by Crippen LogP contribution is 2.22. The maximum atomic E-state index is 12.7. The maximum Gasteiger partial charge on any atom is 0.361 e. The van der Waals surface area contributed by atoms with Crippen LogP contribution < -0.4 is 15.2 Å². The summed E-state index contributed by atoms with van der Waals surface area (Å²) in [5.74, 6) is -0.267. The van der Waals surface area contributed by atoms with Crippen LogP contribution in [-0.4, -0.2) is 47.3 Å². The number of hydrogen-bond acceptors (Lipinski definition) is 7. The number of piperidine rings is 1. The van der Waals surface area contributed by atoms with Crippen molar-refractivity contribution in [1.29, 1.82) is 0 Å². The van der Waals surface area contributed by atoms with Gasteiger partial charge in [-0.15, -0.1) is 0 Å². The zero-order chi connectivity index (χ0) is 21.9. The molecule has 1 aliphatic rings. The molecule has 1 aromatic heterocycles. The van der Waals surface area contributed by atoms with E-state index in [4.69, 9.17) is 9.47 Å². The summed E-state index contributed by atoms with van der Waals surface area (Å²) >= 11 is 0. The van der Waals surface area contributed by atoms with E-state index in [-0.39, 0.29) is 37.2 Å². The van der Waals surface area contributed by atoms with Crippen LogP contribution in [0.4, 0.5) is 5.95 Å². The number of carbonyl (C=O) groups is 1. The number of aliphatic hydroxyl groups excluding tert-OH is 1. The van der Waals surface area contributed by atoms with Gasteiger partial charge in [-0.05, 0) is 31.2 Å². The Hall–Kier alpha value is -2.87. The molecule has 0 unspecified atom stereocenters. The number of rotatable bonds is 7. The van der Waals surface area contributed by atoms with Crippen LogP contribution in [0.3, 0.4) is 0 Å². The summed E-state index contributed by atoms with van der Waals surface area (Å²) in [6, 6.07) is 9.35. The zero-order valence-electron chi connectivity index (χ0n) is 17.9. The van der Waals surface area contributed by atoms with Crippen molar-refractivity contribution in [3.8, 4) is 5.75 Å². The van der Waals surface area contributed by atoms with Gasteiger partial charge < -0.3 is 19.5 Å². The Morgan fingerprint density at radius 1 is 1.23 bits per heavy atom. The van der Waals surface area contributed by atoms with Gasteiger partial charge in [-0.3, -0.25) is 9.78 Å². The highest BCUT2D eigenvalue weighted by atomic mass is 16.5. The number of anilines is 1. The van der Waals surface area contributed by atoms with Crippen molar-refractivity contribution in [2.75, 3.05) is 31.2 Å². The predicted molar refractivity (Wildman–Crippen MR) is 115 cm³/mol. The third-order valence-electron chi connectivity index (χ3n) is 4.73. The van der Waals surface area contributed by atoms with Crippen molar-refractivity contribution in [2.24, 2.45) is 5.92 Å². The molecular weight excluding hydrogens is 386 g/mol. The van der Waals surface area contributed by atoms with E-state index in [0.29, 0.717) is 19.0 Å². The first-order valence-corrected chi connectivity index (χ1v) is 10.5. The molecule has 0 atom stereocenters. The predicted octanol–water partition coefficient (Wildman–Crippen LogP) is 2.76. The molecule has 2 heterocycles. The van der Waals surface area contributed by atoms with Gasteiger partial charge in [0.15, 0.2) is 5.69 Å². The number of aliphatic hydroxyl groups is 1. The van der Waals surface area contributed by atoms with Gasteiger partial charge in [-0.2, -0.15) is 0 Å². The van der Waals surface area contributed by atoms with E-state index in [0.717, 1.165) is 18.4 Å². The fourth-order valence-corrected chi connectivity index (χ4v) is 3.13. The number of H-pyrrole nitrogens is 1. The number of aromatic amines is 1. The molecule has 1 saturated heterocycles. The van der Waals surface area contributed by atoms with Crippen LogP contribution in [0.1, 0.15) is 49.7 Å². The largest absolute Gasteiger partial charge is 0.481 e. The van der Waals surface area contributed by atoms with Crippen molar-refractivity contribution < 1.29 is 19.4 Å². The Balaban J connectivity index is 0.00000155. The number of benzene rings is 1. The van der Waals surface area contributed by atoms with Crippen LogP contribution in [0.15, 0.2) is 35.1 Å². The third-order valence-corrected chi connectivity index (χ3v) is 4.73. The van der Waals surface area contributed by atoms with E-state index in [1.54, 1.807) is 6.92 Å². The Bertz CT molecular complexity index is 846. The lowest BCUT2D eigenvalue weighted by atomic mass is 9.98. The van der Waals surface area contributed by atoms with Crippen molar-refractivity contribution in [3.05, 3.63) is 51.9 Å². The second-order valence-corrected chi connectivity index (χ2v) is 6.68. The van der Waals surface area contributed by atoms with Crippen molar-refractivity contribution in [1.82, 2.24) is 9.97 Å². The van der Waals surface area contributed by atoms with Gasteiger partial charge >= 0.3 is 5.97 Å². The monoisotopic (exact) mass is 417 g/mol. The van der Waals surface area contributed by atoms with Gasteiger partial charge in [0, 0.05) is 19.7 Å². The third kappa shape index (κ3) is 6.06. The van der Waals surface area contributed by atoms with Crippen LogP contribution in [-0.2, 0) is 11.3 Å². The summed E-state index contributed by atoms with van der Waals surface area (Å²) in [5.41, 5.74) is 0.223. The topological polar surface area (TPSA) is 105 Å². The Morgan fingerprint density at radius 2 is 1.90 bits per heavy atom. The molecule has 30 heavy (non-hydrogen) atoms. The minimum absolute atomic E-state index is 0.124. The lowest BCUT2D eigenvalue weighted by Gasteiger charge is -2.31. The molecule has 0 saturated carbocycles. The van der Waals surface area contributed by atoms with Crippen LogP contribution >= 0.6 is 0 Å². The number of hydrogen-bond donors (Lipinski definition) is 2. The molecule has 0 bridgehead atoms. The van der Waals surface area contributed by atoms with E-state index < -0.39 is 11.5 Å². The number of aromatic nitrogens is 2. The number of ether oxygens (including phenoxy) is 2. The van der Waals surface area contributed by atoms with Crippen LogP contribution in [0.2, 0.25) is 0 Å². The Morgan fingerprint density at radius 3 is 2.50 bits per heavy atom. The van der Waals surface area contributed by atoms with Gasteiger partial charge in [-0.25, -0.2) is 9.78 Å². The van der Waals surface area contributed by atoms with Crippen LogP contribution in [0.5, 0.6) is 5.75 Å². The van der Waals surface area contributed by atoms with E-state index >= 15 is 0 Å². The van der Waals surface area contributed by atoms with Gasteiger partial charge in [0.1, 0.15) is 6.61 Å². The molecule has 8 nitrogen and oxygen atoms in total. The molecule has 2 aromatic rings. The fourth-order valence-electron chi connectivity index (χ4n) is 3.13. The fraction of sp³-hybridized carbons (Fsp3) is 0.500. The summed E-state index contributed by atoms with van der Waals surface area (Å²) < 4.78 is 10.7. The molecule has 8 heteroatoms. The summed E-state index contributed by atoms with van der Waals surface area (Å²) in [7, 11) is 0. The molecule has 1 aromatic carbocycles. The second kappa shape index (κ2) is 12.0. The van der Waals surface area contributed by atoms with Gasteiger partial charge in [0.2, 0.25) is 11.7 Å². The highest BCUT2D eigenvalue weighted by Gasteiger charge is 2.25. The lowest BCUT2D eigenvalue weighted by molar-refractivity contribution is 0.0513. The summed E-state index contributed by atoms with van der Waals surface area (Å²) in [6.07, 6.45) is 1.59. The molecule has 0 amide bonds. The standard InChI is InChI=1S/C20H25N3O5.C2H6/c1-2-27-19(26)16-17(28-13-15-6-4-3-5-7-15)18(25)22-20(21-16)23-10-8-14(12-24)9-11-23;1-2/h3-7,14,24H,2,8-13H2,1H3,(H,21,22,25);1-2H3. The number of nitrogens with one attached hydrogen (secondary N) is 1. The van der Waals surface area contributed by atoms with Gasteiger partial charge in [-0.1, -0.05) is 44.2 Å². The minimum Gasteiger partial charge on any atom is -0.481 e. The minimum atomic E-state index is -0.692. The van der Waals surface area contributed by atoms with E-state index in [1.807, 2.05) is 49.1 Å². The Labute approximate surface area is 176 Å². The Kier molecular flexibility index (Phi) is 9.34. The number of carbonyl (C=O) groups excluding carboxylic acids is 1. The van der Waals surface area contributed by atoms with Crippen LogP contribution in [0, 0.1) is 5.92 Å². The molecule has 1 fully saturated rings. The molecule has 0 aliphatic carbocycles.